The molecule has 1 N–H and O–H groups in total. The molecule has 0 saturated carbocycles. The first-order valence-electron chi connectivity index (χ1n) is 6.70. The first kappa shape index (κ1) is 15.5. The molecule has 0 unspecified atom stereocenters. The molecule has 0 fully saturated rings. The lowest BCUT2D eigenvalue weighted by Crippen LogP contribution is -2.13. The third kappa shape index (κ3) is 3.06. The summed E-state index contributed by atoms with van der Waals surface area (Å²) in [7, 11) is 0. The van der Waals surface area contributed by atoms with Gasteiger partial charge >= 0.3 is 0 Å². The Balaban J connectivity index is 2.04. The van der Waals surface area contributed by atoms with Gasteiger partial charge in [0.1, 0.15) is 17.0 Å². The Labute approximate surface area is 142 Å². The van der Waals surface area contributed by atoms with Crippen LogP contribution in [0.1, 0.15) is 16.1 Å². The molecule has 0 aliphatic rings. The monoisotopic (exact) mass is 347 g/mol. The van der Waals surface area contributed by atoms with E-state index in [9.17, 15) is 4.79 Å². The molecule has 0 bridgehead atoms. The van der Waals surface area contributed by atoms with Crippen LogP contribution in [0.5, 0.6) is 0 Å². The zero-order valence-corrected chi connectivity index (χ0v) is 13.5. The molecule has 1 aromatic carbocycles. The van der Waals surface area contributed by atoms with E-state index in [-0.39, 0.29) is 11.5 Å². The highest BCUT2D eigenvalue weighted by Crippen LogP contribution is 2.36. The van der Waals surface area contributed by atoms with Crippen molar-refractivity contribution >= 4 is 34.8 Å². The summed E-state index contributed by atoms with van der Waals surface area (Å²) >= 11 is 12.4. The van der Waals surface area contributed by atoms with Crippen molar-refractivity contribution in [3.05, 3.63) is 64.1 Å². The van der Waals surface area contributed by atoms with E-state index in [0.29, 0.717) is 32.8 Å². The van der Waals surface area contributed by atoms with Gasteiger partial charge in [0.05, 0.1) is 10.0 Å². The lowest BCUT2D eigenvalue weighted by Gasteiger charge is -2.07. The SMILES string of the molecule is Cc1onc(-c2c(Cl)cccc2Cl)c1C(=O)Nc1ccncc1. The molecule has 2 heterocycles. The molecule has 23 heavy (non-hydrogen) atoms. The van der Waals surface area contributed by atoms with Gasteiger partial charge in [-0.1, -0.05) is 34.4 Å². The van der Waals surface area contributed by atoms with Crippen LogP contribution in [0.3, 0.4) is 0 Å². The number of halogens is 2. The molecule has 0 atom stereocenters. The van der Waals surface area contributed by atoms with E-state index in [0.717, 1.165) is 0 Å². The molecule has 3 aromatic rings. The number of anilines is 1. The Morgan fingerprint density at radius 2 is 1.78 bits per heavy atom. The number of benzene rings is 1. The standard InChI is InChI=1S/C16H11Cl2N3O2/c1-9-13(16(22)20-10-5-7-19-8-6-10)15(21-23-9)14-11(17)3-2-4-12(14)18/h2-8H,1H3,(H,19,20,22). The van der Waals surface area contributed by atoms with Gasteiger partial charge in [-0.25, -0.2) is 0 Å². The van der Waals surface area contributed by atoms with Crippen molar-refractivity contribution in [2.24, 2.45) is 0 Å². The zero-order chi connectivity index (χ0) is 16.4. The lowest BCUT2D eigenvalue weighted by molar-refractivity contribution is 0.102. The molecule has 116 valence electrons. The molecule has 5 nitrogen and oxygen atoms in total. The highest BCUT2D eigenvalue weighted by atomic mass is 35.5. The van der Waals surface area contributed by atoms with Crippen LogP contribution in [0.25, 0.3) is 11.3 Å². The molecule has 1 amide bonds. The second-order valence-corrected chi connectivity index (χ2v) is 5.56. The van der Waals surface area contributed by atoms with Gasteiger partial charge in [0.15, 0.2) is 0 Å². The minimum Gasteiger partial charge on any atom is -0.360 e. The van der Waals surface area contributed by atoms with Crippen molar-refractivity contribution < 1.29 is 9.32 Å². The number of hydrogen-bond donors (Lipinski definition) is 1. The highest BCUT2D eigenvalue weighted by molar-refractivity contribution is 6.39. The van der Waals surface area contributed by atoms with Crippen LogP contribution in [-0.2, 0) is 0 Å². The number of amides is 1. The lowest BCUT2D eigenvalue weighted by atomic mass is 10.1. The summed E-state index contributed by atoms with van der Waals surface area (Å²) in [6.07, 6.45) is 3.17. The Morgan fingerprint density at radius 1 is 1.13 bits per heavy atom. The average Bonchev–Trinajstić information content (AvgIpc) is 2.90. The number of nitrogens with zero attached hydrogens (tertiary/aromatic N) is 2. The predicted octanol–water partition coefficient (Wildman–Crippen LogP) is 4.60. The van der Waals surface area contributed by atoms with Gasteiger partial charge in [0, 0.05) is 23.6 Å². The maximum absolute atomic E-state index is 12.6. The second kappa shape index (κ2) is 6.40. The van der Waals surface area contributed by atoms with E-state index in [4.69, 9.17) is 27.7 Å². The van der Waals surface area contributed by atoms with Crippen molar-refractivity contribution in [3.63, 3.8) is 0 Å². The largest absolute Gasteiger partial charge is 0.360 e. The normalized spacial score (nSPS) is 10.6. The number of carbonyl (C=O) groups is 1. The molecule has 7 heteroatoms. The van der Waals surface area contributed by atoms with Crippen molar-refractivity contribution in [1.29, 1.82) is 0 Å². The smallest absolute Gasteiger partial charge is 0.261 e. The summed E-state index contributed by atoms with van der Waals surface area (Å²) in [5.74, 6) is 0.0171. The first-order valence-corrected chi connectivity index (χ1v) is 7.45. The van der Waals surface area contributed by atoms with Gasteiger partial charge in [0.2, 0.25) is 0 Å². The average molecular weight is 348 g/mol. The van der Waals surface area contributed by atoms with E-state index < -0.39 is 0 Å². The maximum Gasteiger partial charge on any atom is 0.261 e. The summed E-state index contributed by atoms with van der Waals surface area (Å²) in [4.78, 5) is 16.5. The third-order valence-corrected chi connectivity index (χ3v) is 3.86. The van der Waals surface area contributed by atoms with E-state index in [1.807, 2.05) is 0 Å². The van der Waals surface area contributed by atoms with E-state index in [1.165, 1.54) is 0 Å². The maximum atomic E-state index is 12.6. The van der Waals surface area contributed by atoms with Crippen LogP contribution in [0.4, 0.5) is 5.69 Å². The topological polar surface area (TPSA) is 68.0 Å². The Hall–Kier alpha value is -2.37. The van der Waals surface area contributed by atoms with Crippen molar-refractivity contribution in [2.45, 2.75) is 6.92 Å². The van der Waals surface area contributed by atoms with Gasteiger partial charge in [-0.3, -0.25) is 9.78 Å². The molecule has 0 aliphatic carbocycles. The molecule has 0 radical (unpaired) electrons. The van der Waals surface area contributed by atoms with Crippen molar-refractivity contribution in [2.75, 3.05) is 5.32 Å². The predicted molar refractivity (Wildman–Crippen MR) is 88.9 cm³/mol. The number of aromatic nitrogens is 2. The van der Waals surface area contributed by atoms with Crippen LogP contribution in [0.15, 0.2) is 47.2 Å². The first-order chi connectivity index (χ1) is 11.1. The van der Waals surface area contributed by atoms with Crippen LogP contribution in [0, 0.1) is 6.92 Å². The fraction of sp³-hybridized carbons (Fsp3) is 0.0625. The Morgan fingerprint density at radius 3 is 2.43 bits per heavy atom. The zero-order valence-electron chi connectivity index (χ0n) is 12.0. The quantitative estimate of drug-likeness (QED) is 0.751. The molecule has 2 aromatic heterocycles. The van der Waals surface area contributed by atoms with Crippen LogP contribution in [-0.4, -0.2) is 16.0 Å². The molecule has 0 saturated heterocycles. The summed E-state index contributed by atoms with van der Waals surface area (Å²) < 4.78 is 5.18. The molecule has 0 aliphatic heterocycles. The molecule has 0 spiro atoms. The van der Waals surface area contributed by atoms with Gasteiger partial charge in [0.25, 0.3) is 5.91 Å². The van der Waals surface area contributed by atoms with E-state index >= 15 is 0 Å². The van der Waals surface area contributed by atoms with Gasteiger partial charge in [-0.15, -0.1) is 0 Å². The summed E-state index contributed by atoms with van der Waals surface area (Å²) in [6.45, 7) is 1.66. The van der Waals surface area contributed by atoms with Crippen molar-refractivity contribution in [3.8, 4) is 11.3 Å². The minimum absolute atomic E-state index is 0.289. The number of carbonyl (C=O) groups excluding carboxylic acids is 1. The van der Waals surface area contributed by atoms with E-state index in [2.05, 4.69) is 15.5 Å². The number of pyridine rings is 1. The number of rotatable bonds is 3. The second-order valence-electron chi connectivity index (χ2n) is 4.75. The minimum atomic E-state index is -0.360. The molecular weight excluding hydrogens is 337 g/mol. The summed E-state index contributed by atoms with van der Waals surface area (Å²) in [5, 5.41) is 7.51. The number of aryl methyl sites for hydroxylation is 1. The Kier molecular flexibility index (Phi) is 4.32. The third-order valence-electron chi connectivity index (χ3n) is 3.23. The molecule has 3 rings (SSSR count). The molecular formula is C16H11Cl2N3O2. The van der Waals surface area contributed by atoms with Crippen LogP contribution in [0.2, 0.25) is 10.0 Å². The van der Waals surface area contributed by atoms with Gasteiger partial charge in [-0.2, -0.15) is 0 Å². The van der Waals surface area contributed by atoms with Crippen molar-refractivity contribution in [1.82, 2.24) is 10.1 Å². The highest BCUT2D eigenvalue weighted by Gasteiger charge is 2.24. The number of nitrogens with one attached hydrogen (secondary N) is 1. The van der Waals surface area contributed by atoms with E-state index in [1.54, 1.807) is 49.6 Å². The van der Waals surface area contributed by atoms with Gasteiger partial charge in [-0.05, 0) is 31.2 Å². The summed E-state index contributed by atoms with van der Waals surface area (Å²) in [6, 6.07) is 8.44. The fourth-order valence-corrected chi connectivity index (χ4v) is 2.74. The fourth-order valence-electron chi connectivity index (χ4n) is 2.16. The van der Waals surface area contributed by atoms with Gasteiger partial charge < -0.3 is 9.84 Å². The number of hydrogen-bond acceptors (Lipinski definition) is 4. The Bertz CT molecular complexity index is 843. The summed E-state index contributed by atoms with van der Waals surface area (Å²) in [5.41, 5.74) is 1.68. The van der Waals surface area contributed by atoms with Crippen LogP contribution < -0.4 is 5.32 Å². The van der Waals surface area contributed by atoms with Crippen LogP contribution >= 0.6 is 23.2 Å².